The highest BCUT2D eigenvalue weighted by molar-refractivity contribution is 5.79. The van der Waals surface area contributed by atoms with E-state index in [2.05, 4.69) is 0 Å². The molecule has 0 saturated carbocycles. The van der Waals surface area contributed by atoms with Crippen LogP contribution < -0.4 is 0 Å². The Kier molecular flexibility index (Phi) is 11.5. The largest absolute Gasteiger partial charge is 0.479 e. The van der Waals surface area contributed by atoms with Crippen LogP contribution in [-0.2, 0) is 9.53 Å². The number of carbonyl (C=O) groups is 1. The summed E-state index contributed by atoms with van der Waals surface area (Å²) < 4.78 is 5.71. The zero-order chi connectivity index (χ0) is 19.5. The third-order valence-corrected chi connectivity index (χ3v) is 4.73. The molecular formula is C18H36O7. The van der Waals surface area contributed by atoms with Crippen molar-refractivity contribution in [1.29, 1.82) is 0 Å². The molecule has 0 aromatic heterocycles. The van der Waals surface area contributed by atoms with Gasteiger partial charge in [0.05, 0.1) is 6.61 Å². The van der Waals surface area contributed by atoms with Crippen molar-refractivity contribution in [3.05, 3.63) is 0 Å². The number of unbranched alkanes of at least 4 members (excludes halogenated alkanes) is 3. The van der Waals surface area contributed by atoms with Gasteiger partial charge in [-0.05, 0) is 19.3 Å². The Balaban J connectivity index is 6.02. The van der Waals surface area contributed by atoms with E-state index in [0.717, 1.165) is 6.42 Å². The number of carboxylic acids is 1. The number of rotatable bonds is 15. The molecule has 0 aromatic carbocycles. The predicted molar refractivity (Wildman–Crippen MR) is 94.3 cm³/mol. The average Bonchev–Trinajstić information content (AvgIpc) is 2.60. The van der Waals surface area contributed by atoms with Gasteiger partial charge in [-0.3, -0.25) is 0 Å². The SMILES string of the molecule is CCCCO[C@@](CCCC)(C(=O)O)[C@](O)(CCCC)[C@H](O)[C@H](O)CO. The molecule has 25 heavy (non-hydrogen) atoms. The smallest absolute Gasteiger partial charge is 0.339 e. The Morgan fingerprint density at radius 3 is 1.96 bits per heavy atom. The molecule has 7 nitrogen and oxygen atoms in total. The van der Waals surface area contributed by atoms with E-state index in [1.54, 1.807) is 0 Å². The van der Waals surface area contributed by atoms with Crippen molar-refractivity contribution in [2.75, 3.05) is 13.2 Å². The monoisotopic (exact) mass is 364 g/mol. The average molecular weight is 364 g/mol. The number of aliphatic hydroxyl groups excluding tert-OH is 3. The van der Waals surface area contributed by atoms with Crippen LogP contribution in [0.15, 0.2) is 0 Å². The van der Waals surface area contributed by atoms with E-state index in [4.69, 9.17) is 4.74 Å². The summed E-state index contributed by atoms with van der Waals surface area (Å²) in [5, 5.41) is 50.8. The molecule has 7 heteroatoms. The van der Waals surface area contributed by atoms with Crippen molar-refractivity contribution in [3.8, 4) is 0 Å². The number of hydrogen-bond donors (Lipinski definition) is 5. The van der Waals surface area contributed by atoms with Crippen molar-refractivity contribution >= 4 is 5.97 Å². The first-order valence-corrected chi connectivity index (χ1v) is 9.34. The van der Waals surface area contributed by atoms with Gasteiger partial charge in [-0.2, -0.15) is 0 Å². The molecule has 150 valence electrons. The number of ether oxygens (including phenoxy) is 1. The molecule has 0 spiro atoms. The van der Waals surface area contributed by atoms with E-state index >= 15 is 0 Å². The highest BCUT2D eigenvalue weighted by atomic mass is 16.5. The van der Waals surface area contributed by atoms with Gasteiger partial charge in [0.1, 0.15) is 17.8 Å². The van der Waals surface area contributed by atoms with Gasteiger partial charge in [0, 0.05) is 6.61 Å². The Morgan fingerprint density at radius 2 is 1.52 bits per heavy atom. The zero-order valence-corrected chi connectivity index (χ0v) is 15.8. The second-order valence-electron chi connectivity index (χ2n) is 6.66. The van der Waals surface area contributed by atoms with Gasteiger partial charge in [0.2, 0.25) is 0 Å². The third kappa shape index (κ3) is 5.89. The maximum atomic E-state index is 12.2. The molecule has 5 N–H and O–H groups in total. The summed E-state index contributed by atoms with van der Waals surface area (Å²) in [5.41, 5.74) is -4.25. The highest BCUT2D eigenvalue weighted by Gasteiger charge is 2.61. The lowest BCUT2D eigenvalue weighted by Gasteiger charge is -2.47. The van der Waals surface area contributed by atoms with Gasteiger partial charge in [-0.1, -0.05) is 52.9 Å². The number of hydrogen-bond acceptors (Lipinski definition) is 6. The van der Waals surface area contributed by atoms with Crippen molar-refractivity contribution in [1.82, 2.24) is 0 Å². The first-order valence-electron chi connectivity index (χ1n) is 9.34. The van der Waals surface area contributed by atoms with Crippen LogP contribution in [0.4, 0.5) is 0 Å². The lowest BCUT2D eigenvalue weighted by atomic mass is 9.71. The van der Waals surface area contributed by atoms with Crippen molar-refractivity contribution in [3.63, 3.8) is 0 Å². The molecule has 0 unspecified atom stereocenters. The molecule has 0 aliphatic rings. The van der Waals surface area contributed by atoms with Gasteiger partial charge >= 0.3 is 5.97 Å². The highest BCUT2D eigenvalue weighted by Crippen LogP contribution is 2.40. The molecule has 0 fully saturated rings. The fourth-order valence-corrected chi connectivity index (χ4v) is 3.04. The van der Waals surface area contributed by atoms with Gasteiger partial charge in [0.25, 0.3) is 0 Å². The van der Waals surface area contributed by atoms with Crippen LogP contribution in [0.25, 0.3) is 0 Å². The number of aliphatic hydroxyl groups is 4. The number of carboxylic acid groups (broad SMARTS) is 1. The second kappa shape index (κ2) is 11.8. The zero-order valence-electron chi connectivity index (χ0n) is 15.8. The predicted octanol–water partition coefficient (Wildman–Crippen LogP) is 1.45. The summed E-state index contributed by atoms with van der Waals surface area (Å²) in [6.45, 7) is 5.05. The first-order chi connectivity index (χ1) is 11.8. The van der Waals surface area contributed by atoms with Crippen LogP contribution >= 0.6 is 0 Å². The van der Waals surface area contributed by atoms with Crippen LogP contribution in [0.5, 0.6) is 0 Å². The minimum Gasteiger partial charge on any atom is -0.479 e. The van der Waals surface area contributed by atoms with Crippen LogP contribution in [0.2, 0.25) is 0 Å². The molecule has 4 atom stereocenters. The lowest BCUT2D eigenvalue weighted by Crippen LogP contribution is -2.69. The van der Waals surface area contributed by atoms with E-state index in [1.807, 2.05) is 20.8 Å². The van der Waals surface area contributed by atoms with Crippen LogP contribution in [-0.4, -0.2) is 68.1 Å². The maximum Gasteiger partial charge on any atom is 0.339 e. The van der Waals surface area contributed by atoms with Crippen LogP contribution in [0.1, 0.15) is 72.1 Å². The molecule has 0 heterocycles. The summed E-state index contributed by atoms with van der Waals surface area (Å²) in [5.74, 6) is -1.36. The first kappa shape index (κ1) is 24.3. The quantitative estimate of drug-likeness (QED) is 0.278. The summed E-state index contributed by atoms with van der Waals surface area (Å²) in [6, 6.07) is 0. The minimum atomic E-state index is -2.21. The molecule has 0 rings (SSSR count). The van der Waals surface area contributed by atoms with Crippen molar-refractivity contribution in [2.24, 2.45) is 0 Å². The molecule has 0 saturated heterocycles. The Labute approximate surface area is 150 Å². The molecule has 0 radical (unpaired) electrons. The molecule has 0 aliphatic heterocycles. The Bertz CT molecular complexity index is 376. The van der Waals surface area contributed by atoms with Gasteiger partial charge in [0.15, 0.2) is 5.60 Å². The van der Waals surface area contributed by atoms with E-state index in [-0.39, 0.29) is 19.4 Å². The normalized spacial score (nSPS) is 19.0. The van der Waals surface area contributed by atoms with Crippen molar-refractivity contribution < 1.29 is 35.1 Å². The lowest BCUT2D eigenvalue weighted by molar-refractivity contribution is -0.253. The van der Waals surface area contributed by atoms with Crippen molar-refractivity contribution in [2.45, 2.75) is 95.5 Å². The van der Waals surface area contributed by atoms with Gasteiger partial charge < -0.3 is 30.3 Å². The fourth-order valence-electron chi connectivity index (χ4n) is 3.04. The standard InChI is InChI=1S/C18H36O7/c1-4-7-10-17(24,15(21)14(20)13-19)18(16(22)23,11-8-5-2)25-12-9-6-3/h14-15,19-21,24H,4-13H2,1-3H3,(H,22,23)/t14-,15-,17+,18+/m1/s1. The van der Waals surface area contributed by atoms with Gasteiger partial charge in [-0.15, -0.1) is 0 Å². The van der Waals surface area contributed by atoms with E-state index < -0.39 is 36.0 Å². The summed E-state index contributed by atoms with van der Waals surface area (Å²) in [4.78, 5) is 12.2. The summed E-state index contributed by atoms with van der Waals surface area (Å²) in [6.07, 6.45) is 0.163. The third-order valence-electron chi connectivity index (χ3n) is 4.73. The van der Waals surface area contributed by atoms with Crippen LogP contribution in [0, 0.1) is 0 Å². The molecule has 0 aromatic rings. The Hall–Kier alpha value is -0.730. The van der Waals surface area contributed by atoms with Gasteiger partial charge in [-0.25, -0.2) is 4.79 Å². The van der Waals surface area contributed by atoms with E-state index in [0.29, 0.717) is 32.1 Å². The summed E-state index contributed by atoms with van der Waals surface area (Å²) >= 11 is 0. The number of aliphatic carboxylic acids is 1. The minimum absolute atomic E-state index is 0.0119. The topological polar surface area (TPSA) is 127 Å². The molecule has 0 amide bonds. The van der Waals surface area contributed by atoms with E-state index in [1.165, 1.54) is 0 Å². The molecular weight excluding hydrogens is 328 g/mol. The molecule has 0 bridgehead atoms. The van der Waals surface area contributed by atoms with E-state index in [9.17, 15) is 30.3 Å². The Morgan fingerprint density at radius 1 is 1.00 bits per heavy atom. The summed E-state index contributed by atoms with van der Waals surface area (Å²) in [7, 11) is 0. The molecule has 0 aliphatic carbocycles. The fraction of sp³-hybridized carbons (Fsp3) is 0.944. The second-order valence-corrected chi connectivity index (χ2v) is 6.66. The van der Waals surface area contributed by atoms with Crippen LogP contribution in [0.3, 0.4) is 0 Å². The maximum absolute atomic E-state index is 12.2.